The first-order valence-electron chi connectivity index (χ1n) is 9.04. The largest absolute Gasteiger partial charge is 0.364 e. The van der Waals surface area contributed by atoms with E-state index in [1.807, 2.05) is 10.3 Å². The van der Waals surface area contributed by atoms with Gasteiger partial charge in [-0.15, -0.1) is 0 Å². The summed E-state index contributed by atoms with van der Waals surface area (Å²) in [6, 6.07) is 15.4. The Kier molecular flexibility index (Phi) is 4.28. The molecular formula is C22H24N2S2. The van der Waals surface area contributed by atoms with Gasteiger partial charge >= 0.3 is 0 Å². The summed E-state index contributed by atoms with van der Waals surface area (Å²) in [4.78, 5) is 8.83. The Morgan fingerprint density at radius 3 is 2.46 bits per heavy atom. The lowest BCUT2D eigenvalue weighted by Crippen LogP contribution is -2.41. The number of anilines is 1. The summed E-state index contributed by atoms with van der Waals surface area (Å²) in [5, 5.41) is 0. The number of benzene rings is 2. The predicted octanol–water partition coefficient (Wildman–Crippen LogP) is 6.26. The molecule has 0 unspecified atom stereocenters. The summed E-state index contributed by atoms with van der Waals surface area (Å²) >= 11 is 0. The topological polar surface area (TPSA) is 15.6 Å². The zero-order chi connectivity index (χ0) is 18.5. The first kappa shape index (κ1) is 17.5. The van der Waals surface area contributed by atoms with Gasteiger partial charge in [-0.25, -0.2) is 4.99 Å². The Morgan fingerprint density at radius 2 is 1.77 bits per heavy atom. The molecule has 1 aromatic heterocycles. The molecule has 2 aromatic carbocycles. The van der Waals surface area contributed by atoms with Crippen molar-refractivity contribution in [1.29, 1.82) is 0 Å². The fourth-order valence-electron chi connectivity index (χ4n) is 3.47. The Hall–Kier alpha value is -1.91. The highest BCUT2D eigenvalue weighted by molar-refractivity contribution is 7.68. The van der Waals surface area contributed by atoms with Crippen LogP contribution in [-0.4, -0.2) is 7.05 Å². The third kappa shape index (κ3) is 2.72. The highest BCUT2D eigenvalue weighted by atomic mass is 32.9. The highest BCUT2D eigenvalue weighted by Gasteiger charge is 2.37. The third-order valence-corrected chi connectivity index (χ3v) is 8.03. The molecule has 4 heteroatoms. The first-order valence-corrected chi connectivity index (χ1v) is 11.2. The van der Waals surface area contributed by atoms with Crippen LogP contribution in [0.1, 0.15) is 36.8 Å². The van der Waals surface area contributed by atoms with Gasteiger partial charge in [-0.3, -0.25) is 0 Å². The van der Waals surface area contributed by atoms with Crippen molar-refractivity contribution < 1.29 is 0 Å². The lowest BCUT2D eigenvalue weighted by atomic mass is 9.87. The Bertz CT molecular complexity index is 1020. The van der Waals surface area contributed by atoms with Crippen LogP contribution < -0.4 is 9.57 Å². The number of nitrogens with zero attached hydrogens (tertiary/aromatic N) is 2. The second kappa shape index (κ2) is 6.36. The molecule has 1 aliphatic rings. The van der Waals surface area contributed by atoms with E-state index in [4.69, 9.17) is 4.99 Å². The molecule has 3 aromatic rings. The summed E-state index contributed by atoms with van der Waals surface area (Å²) < 4.78 is 1.13. The molecule has 134 valence electrons. The number of hydrogen-bond donors (Lipinski definition) is 0. The average molecular weight is 381 g/mol. The maximum absolute atomic E-state index is 5.01. The Balaban J connectivity index is 1.99. The average Bonchev–Trinajstić information content (AvgIpc) is 3.06. The van der Waals surface area contributed by atoms with Crippen molar-refractivity contribution in [1.82, 2.24) is 0 Å². The second-order valence-electron chi connectivity index (χ2n) is 7.45. The van der Waals surface area contributed by atoms with Gasteiger partial charge in [0.2, 0.25) is 0 Å². The van der Waals surface area contributed by atoms with Gasteiger partial charge in [0.1, 0.15) is 4.67 Å². The molecule has 0 bridgehead atoms. The predicted molar refractivity (Wildman–Crippen MR) is 115 cm³/mol. The molecule has 0 amide bonds. The van der Waals surface area contributed by atoms with Crippen molar-refractivity contribution in [2.75, 3.05) is 11.9 Å². The van der Waals surface area contributed by atoms with Crippen LogP contribution in [0.5, 0.6) is 0 Å². The molecule has 0 saturated carbocycles. The van der Waals surface area contributed by atoms with Gasteiger partial charge in [0.25, 0.3) is 0 Å². The van der Waals surface area contributed by atoms with Gasteiger partial charge in [0, 0.05) is 23.9 Å². The van der Waals surface area contributed by atoms with E-state index >= 15 is 0 Å². The maximum Gasteiger partial charge on any atom is 0.135 e. The fourth-order valence-corrected chi connectivity index (χ4v) is 6.47. The van der Waals surface area contributed by atoms with Crippen LogP contribution in [0.15, 0.2) is 47.5 Å². The summed E-state index contributed by atoms with van der Waals surface area (Å²) in [6.07, 6.45) is 1.05. The second-order valence-corrected chi connectivity index (χ2v) is 9.57. The number of fused-ring (bicyclic) bond motifs is 3. The molecule has 2 nitrogen and oxygen atoms in total. The van der Waals surface area contributed by atoms with Crippen LogP contribution in [0.25, 0.3) is 11.1 Å². The SMILES string of the molecule is CCc1ccc2c(c1)-c1c(ssc1=Nc1ccc(C)cc1)C(C)(C)N2C. The van der Waals surface area contributed by atoms with Crippen molar-refractivity contribution in [2.45, 2.75) is 39.7 Å². The van der Waals surface area contributed by atoms with E-state index in [1.54, 1.807) is 10.3 Å². The summed E-state index contributed by atoms with van der Waals surface area (Å²) in [5.74, 6) is 0. The molecule has 0 saturated heterocycles. The third-order valence-electron chi connectivity index (χ3n) is 5.40. The first-order chi connectivity index (χ1) is 12.4. The molecule has 1 aliphatic heterocycles. The van der Waals surface area contributed by atoms with E-state index in [9.17, 15) is 0 Å². The van der Waals surface area contributed by atoms with Crippen LogP contribution in [0.2, 0.25) is 0 Å². The van der Waals surface area contributed by atoms with Crippen LogP contribution in [0.4, 0.5) is 11.4 Å². The zero-order valence-corrected chi connectivity index (χ0v) is 17.6. The van der Waals surface area contributed by atoms with Crippen molar-refractivity contribution >= 4 is 32.1 Å². The van der Waals surface area contributed by atoms with Crippen molar-refractivity contribution in [3.8, 4) is 11.1 Å². The van der Waals surface area contributed by atoms with E-state index in [0.717, 1.165) is 16.8 Å². The molecule has 0 N–H and O–H groups in total. The quantitative estimate of drug-likeness (QED) is 0.479. The van der Waals surface area contributed by atoms with Gasteiger partial charge in [-0.05, 0) is 57.0 Å². The standard InChI is InChI=1S/C22H24N2S2/c1-6-15-9-12-18-17(13-15)19-20(22(3,4)24(18)5)25-26-21(19)23-16-10-7-14(2)8-11-16/h7-13H,6H2,1-5H3. The summed E-state index contributed by atoms with van der Waals surface area (Å²) in [7, 11) is 5.87. The molecule has 0 aliphatic carbocycles. The van der Waals surface area contributed by atoms with Crippen molar-refractivity contribution in [2.24, 2.45) is 4.99 Å². The van der Waals surface area contributed by atoms with E-state index in [1.165, 1.54) is 32.8 Å². The molecular weight excluding hydrogens is 356 g/mol. The van der Waals surface area contributed by atoms with Crippen molar-refractivity contribution in [3.63, 3.8) is 0 Å². The lowest BCUT2D eigenvalue weighted by molar-refractivity contribution is 0.521. The minimum absolute atomic E-state index is 0.0295. The van der Waals surface area contributed by atoms with E-state index < -0.39 is 0 Å². The molecule has 4 rings (SSSR count). The van der Waals surface area contributed by atoms with Crippen molar-refractivity contribution in [3.05, 3.63) is 63.1 Å². The molecule has 0 spiro atoms. The van der Waals surface area contributed by atoms with Crippen LogP contribution in [0, 0.1) is 6.92 Å². The van der Waals surface area contributed by atoms with Gasteiger partial charge in [0.05, 0.1) is 16.1 Å². The smallest absolute Gasteiger partial charge is 0.135 e. The maximum atomic E-state index is 5.01. The molecule has 0 radical (unpaired) electrons. The fraction of sp³-hybridized carbons (Fsp3) is 0.318. The van der Waals surface area contributed by atoms with Crippen LogP contribution in [0.3, 0.4) is 0 Å². The van der Waals surface area contributed by atoms with E-state index in [0.29, 0.717) is 0 Å². The van der Waals surface area contributed by atoms with Gasteiger partial charge in [-0.1, -0.05) is 51.4 Å². The lowest BCUT2D eigenvalue weighted by Gasteiger charge is -2.42. The van der Waals surface area contributed by atoms with E-state index in [2.05, 4.69) is 82.1 Å². The molecule has 2 heterocycles. The Labute approximate surface area is 162 Å². The minimum atomic E-state index is -0.0295. The normalized spacial score (nSPS) is 15.7. The van der Waals surface area contributed by atoms with Gasteiger partial charge in [0.15, 0.2) is 0 Å². The zero-order valence-electron chi connectivity index (χ0n) is 16.0. The van der Waals surface area contributed by atoms with Crippen LogP contribution >= 0.6 is 20.7 Å². The minimum Gasteiger partial charge on any atom is -0.364 e. The number of rotatable bonds is 2. The molecule has 0 atom stereocenters. The highest BCUT2D eigenvalue weighted by Crippen LogP contribution is 2.48. The number of aryl methyl sites for hydroxylation is 2. The summed E-state index contributed by atoms with van der Waals surface area (Å²) in [6.45, 7) is 8.94. The van der Waals surface area contributed by atoms with Gasteiger partial charge in [-0.2, -0.15) is 0 Å². The molecule has 0 fully saturated rings. The van der Waals surface area contributed by atoms with E-state index in [-0.39, 0.29) is 5.54 Å². The monoisotopic (exact) mass is 380 g/mol. The van der Waals surface area contributed by atoms with Crippen LogP contribution in [-0.2, 0) is 12.0 Å². The van der Waals surface area contributed by atoms with Gasteiger partial charge < -0.3 is 4.90 Å². The molecule has 26 heavy (non-hydrogen) atoms. The Morgan fingerprint density at radius 1 is 1.04 bits per heavy atom. The number of hydrogen-bond acceptors (Lipinski definition) is 4. The summed E-state index contributed by atoms with van der Waals surface area (Å²) in [5.41, 5.74) is 7.58.